The summed E-state index contributed by atoms with van der Waals surface area (Å²) in [5, 5.41) is 12.3. The lowest BCUT2D eigenvalue weighted by atomic mass is 10.1. The summed E-state index contributed by atoms with van der Waals surface area (Å²) in [6.45, 7) is 0. The molecule has 2 rings (SSSR count). The third-order valence-electron chi connectivity index (χ3n) is 2.28. The van der Waals surface area contributed by atoms with Crippen LogP contribution in [0.2, 0.25) is 0 Å². The average Bonchev–Trinajstić information content (AvgIpc) is 2.77. The molecule has 0 aliphatic heterocycles. The molecule has 0 unspecified atom stereocenters. The van der Waals surface area contributed by atoms with E-state index in [1.54, 1.807) is 12.1 Å². The Balaban J connectivity index is 2.48. The lowest BCUT2D eigenvalue weighted by molar-refractivity contribution is 0.0652. The summed E-state index contributed by atoms with van der Waals surface area (Å²) in [5.74, 6) is -1.53. The monoisotopic (exact) mass is 267 g/mol. The van der Waals surface area contributed by atoms with Crippen LogP contribution in [0, 0.1) is 0 Å². The van der Waals surface area contributed by atoms with Crippen LogP contribution in [0.25, 0.3) is 11.3 Å². The van der Waals surface area contributed by atoms with E-state index in [9.17, 15) is 13.2 Å². The number of aromatic nitrogens is 1. The Morgan fingerprint density at radius 2 is 2.06 bits per heavy atom. The SMILES string of the molecule is CS(=O)(=O)c1cccc(-c2cc(C(=O)O)on2)c1. The van der Waals surface area contributed by atoms with Crippen LogP contribution in [-0.2, 0) is 9.84 Å². The summed E-state index contributed by atoms with van der Waals surface area (Å²) in [5.41, 5.74) is 0.757. The van der Waals surface area contributed by atoms with Crippen molar-refractivity contribution in [2.75, 3.05) is 6.26 Å². The van der Waals surface area contributed by atoms with Crippen LogP contribution in [0.15, 0.2) is 39.8 Å². The van der Waals surface area contributed by atoms with Gasteiger partial charge in [0.2, 0.25) is 5.76 Å². The normalized spacial score (nSPS) is 11.4. The third-order valence-corrected chi connectivity index (χ3v) is 3.39. The number of sulfone groups is 1. The van der Waals surface area contributed by atoms with Crippen molar-refractivity contribution in [2.45, 2.75) is 4.90 Å². The highest BCUT2D eigenvalue weighted by atomic mass is 32.2. The second-order valence-electron chi connectivity index (χ2n) is 3.68. The fourth-order valence-corrected chi connectivity index (χ4v) is 2.06. The number of carboxylic acids is 1. The lowest BCUT2D eigenvalue weighted by Gasteiger charge is -2.00. The van der Waals surface area contributed by atoms with Crippen molar-refractivity contribution in [1.82, 2.24) is 5.16 Å². The van der Waals surface area contributed by atoms with Crippen molar-refractivity contribution in [3.05, 3.63) is 36.1 Å². The fourth-order valence-electron chi connectivity index (χ4n) is 1.40. The standard InChI is InChI=1S/C11H9NO5S/c1-18(15,16)8-4-2-3-7(5-8)9-6-10(11(13)14)17-12-9/h2-6H,1H3,(H,13,14). The predicted molar refractivity (Wildman–Crippen MR) is 62.0 cm³/mol. The van der Waals surface area contributed by atoms with Crippen LogP contribution >= 0.6 is 0 Å². The largest absolute Gasteiger partial charge is 0.475 e. The maximum atomic E-state index is 11.4. The highest BCUT2D eigenvalue weighted by Gasteiger charge is 2.14. The van der Waals surface area contributed by atoms with Crippen molar-refractivity contribution in [3.63, 3.8) is 0 Å². The predicted octanol–water partition coefficient (Wildman–Crippen LogP) is 1.44. The number of carbonyl (C=O) groups is 1. The van der Waals surface area contributed by atoms with Crippen molar-refractivity contribution in [3.8, 4) is 11.3 Å². The van der Waals surface area contributed by atoms with E-state index >= 15 is 0 Å². The number of aromatic carboxylic acids is 1. The highest BCUT2D eigenvalue weighted by Crippen LogP contribution is 2.22. The van der Waals surface area contributed by atoms with Gasteiger partial charge >= 0.3 is 5.97 Å². The van der Waals surface area contributed by atoms with Gasteiger partial charge in [0.1, 0.15) is 5.69 Å². The van der Waals surface area contributed by atoms with Gasteiger partial charge in [-0.15, -0.1) is 0 Å². The summed E-state index contributed by atoms with van der Waals surface area (Å²) in [6.07, 6.45) is 1.09. The van der Waals surface area contributed by atoms with E-state index < -0.39 is 15.8 Å². The molecule has 0 aliphatic rings. The van der Waals surface area contributed by atoms with E-state index in [4.69, 9.17) is 5.11 Å². The summed E-state index contributed by atoms with van der Waals surface area (Å²) in [6, 6.07) is 7.29. The Hall–Kier alpha value is -2.15. The molecule has 0 saturated carbocycles. The van der Waals surface area contributed by atoms with Gasteiger partial charge in [-0.05, 0) is 12.1 Å². The molecule has 1 heterocycles. The zero-order valence-electron chi connectivity index (χ0n) is 9.32. The molecule has 0 spiro atoms. The average molecular weight is 267 g/mol. The number of nitrogens with zero attached hydrogens (tertiary/aromatic N) is 1. The first kappa shape index (κ1) is 12.3. The molecule has 0 bridgehead atoms. The molecule has 0 aliphatic carbocycles. The lowest BCUT2D eigenvalue weighted by Crippen LogP contribution is -1.96. The quantitative estimate of drug-likeness (QED) is 0.903. The Kier molecular flexibility index (Phi) is 2.92. The Bertz CT molecular complexity index is 702. The Morgan fingerprint density at radius 1 is 1.33 bits per heavy atom. The zero-order valence-corrected chi connectivity index (χ0v) is 10.1. The molecule has 1 N–H and O–H groups in total. The van der Waals surface area contributed by atoms with Gasteiger partial charge in [-0.25, -0.2) is 13.2 Å². The van der Waals surface area contributed by atoms with Crippen molar-refractivity contribution in [2.24, 2.45) is 0 Å². The maximum Gasteiger partial charge on any atom is 0.374 e. The van der Waals surface area contributed by atoms with Gasteiger partial charge in [0.05, 0.1) is 4.90 Å². The molecular weight excluding hydrogens is 258 g/mol. The minimum atomic E-state index is -3.32. The first-order valence-corrected chi connectivity index (χ1v) is 6.77. The molecule has 6 nitrogen and oxygen atoms in total. The molecule has 1 aromatic carbocycles. The van der Waals surface area contributed by atoms with E-state index in [0.29, 0.717) is 5.56 Å². The molecule has 2 aromatic rings. The molecule has 0 fully saturated rings. The van der Waals surface area contributed by atoms with Crippen molar-refractivity contribution in [1.29, 1.82) is 0 Å². The van der Waals surface area contributed by atoms with Crippen LogP contribution < -0.4 is 0 Å². The minimum Gasteiger partial charge on any atom is -0.475 e. The van der Waals surface area contributed by atoms with Gasteiger partial charge in [0, 0.05) is 17.9 Å². The number of carboxylic acid groups (broad SMARTS) is 1. The van der Waals surface area contributed by atoms with E-state index in [2.05, 4.69) is 9.68 Å². The first-order chi connectivity index (χ1) is 8.38. The second kappa shape index (κ2) is 4.26. The van der Waals surface area contributed by atoms with E-state index in [-0.39, 0.29) is 16.3 Å². The molecule has 0 radical (unpaired) electrons. The molecule has 18 heavy (non-hydrogen) atoms. The highest BCUT2D eigenvalue weighted by molar-refractivity contribution is 7.90. The smallest absolute Gasteiger partial charge is 0.374 e. The van der Waals surface area contributed by atoms with Crippen molar-refractivity contribution < 1.29 is 22.8 Å². The Morgan fingerprint density at radius 3 is 2.61 bits per heavy atom. The molecule has 94 valence electrons. The summed E-state index contributed by atoms with van der Waals surface area (Å²) >= 11 is 0. The van der Waals surface area contributed by atoms with Crippen LogP contribution in [-0.4, -0.2) is 30.9 Å². The van der Waals surface area contributed by atoms with Crippen molar-refractivity contribution >= 4 is 15.8 Å². The number of hydrogen-bond donors (Lipinski definition) is 1. The zero-order chi connectivity index (χ0) is 13.3. The van der Waals surface area contributed by atoms with E-state index in [1.165, 1.54) is 18.2 Å². The van der Waals surface area contributed by atoms with Gasteiger partial charge < -0.3 is 9.63 Å². The second-order valence-corrected chi connectivity index (χ2v) is 5.70. The minimum absolute atomic E-state index is 0.139. The van der Waals surface area contributed by atoms with Crippen LogP contribution in [0.3, 0.4) is 0 Å². The molecule has 7 heteroatoms. The number of hydrogen-bond acceptors (Lipinski definition) is 5. The topological polar surface area (TPSA) is 97.5 Å². The van der Waals surface area contributed by atoms with E-state index in [1.807, 2.05) is 0 Å². The van der Waals surface area contributed by atoms with Crippen LogP contribution in [0.4, 0.5) is 0 Å². The maximum absolute atomic E-state index is 11.4. The molecule has 1 aromatic heterocycles. The van der Waals surface area contributed by atoms with E-state index in [0.717, 1.165) is 6.26 Å². The summed E-state index contributed by atoms with van der Waals surface area (Å²) in [4.78, 5) is 10.8. The van der Waals surface area contributed by atoms with Gasteiger partial charge in [-0.3, -0.25) is 0 Å². The fraction of sp³-hybridized carbons (Fsp3) is 0.0909. The number of rotatable bonds is 3. The van der Waals surface area contributed by atoms with Gasteiger partial charge in [0.25, 0.3) is 0 Å². The summed E-state index contributed by atoms with van der Waals surface area (Å²) in [7, 11) is -3.32. The molecule has 0 atom stereocenters. The number of benzene rings is 1. The summed E-state index contributed by atoms with van der Waals surface area (Å²) < 4.78 is 27.4. The molecule has 0 amide bonds. The molecular formula is C11H9NO5S. The first-order valence-electron chi connectivity index (χ1n) is 4.88. The van der Waals surface area contributed by atoms with Crippen LogP contribution in [0.5, 0.6) is 0 Å². The molecule has 0 saturated heterocycles. The van der Waals surface area contributed by atoms with Gasteiger partial charge in [-0.1, -0.05) is 17.3 Å². The van der Waals surface area contributed by atoms with Crippen LogP contribution in [0.1, 0.15) is 10.6 Å². The van der Waals surface area contributed by atoms with Gasteiger partial charge in [-0.2, -0.15) is 0 Å². The van der Waals surface area contributed by atoms with Gasteiger partial charge in [0.15, 0.2) is 9.84 Å². The Labute approximate surface area is 103 Å². The third kappa shape index (κ3) is 2.40.